The van der Waals surface area contributed by atoms with Crippen molar-refractivity contribution in [2.24, 2.45) is 5.73 Å². The molecule has 3 heterocycles. The maximum atomic E-state index is 12.0. The number of ether oxygens (including phenoxy) is 1. The van der Waals surface area contributed by atoms with Crippen LogP contribution in [0.15, 0.2) is 5.38 Å². The molecule has 3 rings (SSSR count). The maximum Gasteiger partial charge on any atom is 0.249 e. The zero-order valence-electron chi connectivity index (χ0n) is 12.8. The number of aromatic nitrogens is 1. The molecule has 1 amide bonds. The molecule has 0 saturated carbocycles. The number of thiazole rings is 1. The lowest BCUT2D eigenvalue weighted by Gasteiger charge is -2.13. The third-order valence-electron chi connectivity index (χ3n) is 4.26. The van der Waals surface area contributed by atoms with E-state index in [-0.39, 0.29) is 18.1 Å². The van der Waals surface area contributed by atoms with E-state index >= 15 is 0 Å². The average Bonchev–Trinajstić information content (AvgIpc) is 3.27. The van der Waals surface area contributed by atoms with Crippen LogP contribution in [0.5, 0.6) is 0 Å². The van der Waals surface area contributed by atoms with Gasteiger partial charge in [-0.3, -0.25) is 4.79 Å². The zero-order chi connectivity index (χ0) is 15.4. The number of rotatable bonds is 6. The number of nitrogens with one attached hydrogen (secondary N) is 1. The molecule has 0 bridgehead atoms. The van der Waals surface area contributed by atoms with Crippen LogP contribution in [0, 0.1) is 0 Å². The van der Waals surface area contributed by atoms with E-state index in [4.69, 9.17) is 10.5 Å². The lowest BCUT2D eigenvalue weighted by Crippen LogP contribution is -2.36. The number of amides is 1. The quantitative estimate of drug-likeness (QED) is 0.813. The summed E-state index contributed by atoms with van der Waals surface area (Å²) in [6, 6.07) is 0. The molecule has 122 valence electrons. The number of carbonyl (C=O) groups excluding carboxylic acids is 1. The summed E-state index contributed by atoms with van der Waals surface area (Å²) < 4.78 is 5.59. The van der Waals surface area contributed by atoms with Crippen LogP contribution in [0.25, 0.3) is 0 Å². The molecule has 1 aromatic heterocycles. The van der Waals surface area contributed by atoms with Gasteiger partial charge in [-0.25, -0.2) is 4.98 Å². The number of hydrogen-bond donors (Lipinski definition) is 2. The molecule has 0 radical (unpaired) electrons. The van der Waals surface area contributed by atoms with Gasteiger partial charge in [0.05, 0.1) is 11.8 Å². The summed E-state index contributed by atoms with van der Waals surface area (Å²) in [5.74, 6) is -0.0223. The van der Waals surface area contributed by atoms with E-state index in [1.54, 1.807) is 11.3 Å². The van der Waals surface area contributed by atoms with Crippen molar-refractivity contribution in [3.8, 4) is 0 Å². The lowest BCUT2D eigenvalue weighted by molar-refractivity contribution is -0.131. The zero-order valence-corrected chi connectivity index (χ0v) is 13.6. The number of nitrogens with zero attached hydrogens (tertiary/aromatic N) is 2. The molecule has 22 heavy (non-hydrogen) atoms. The molecule has 0 aliphatic carbocycles. The maximum absolute atomic E-state index is 12.0. The molecule has 0 aromatic carbocycles. The fraction of sp³-hybridized carbons (Fsp3) is 0.733. The van der Waals surface area contributed by atoms with E-state index in [2.05, 4.69) is 20.6 Å². The smallest absolute Gasteiger partial charge is 0.249 e. The fourth-order valence-electron chi connectivity index (χ4n) is 2.96. The van der Waals surface area contributed by atoms with E-state index in [1.807, 2.05) is 0 Å². The molecule has 2 fully saturated rings. The number of carbonyl (C=O) groups is 1. The molecule has 7 heteroatoms. The highest BCUT2D eigenvalue weighted by Gasteiger charge is 2.29. The van der Waals surface area contributed by atoms with Crippen LogP contribution >= 0.6 is 11.3 Å². The topological polar surface area (TPSA) is 80.5 Å². The van der Waals surface area contributed by atoms with Crippen LogP contribution in [0.3, 0.4) is 0 Å². The second-order valence-electron chi connectivity index (χ2n) is 5.92. The Morgan fingerprint density at radius 1 is 1.45 bits per heavy atom. The Kier molecular flexibility index (Phi) is 5.28. The molecule has 0 spiro atoms. The van der Waals surface area contributed by atoms with Crippen molar-refractivity contribution in [1.82, 2.24) is 10.3 Å². The van der Waals surface area contributed by atoms with Crippen LogP contribution in [0.2, 0.25) is 0 Å². The van der Waals surface area contributed by atoms with Crippen molar-refractivity contribution in [1.29, 1.82) is 0 Å². The molecule has 2 aliphatic rings. The Morgan fingerprint density at radius 2 is 2.27 bits per heavy atom. The highest BCUT2D eigenvalue weighted by molar-refractivity contribution is 7.13. The van der Waals surface area contributed by atoms with Gasteiger partial charge in [0.2, 0.25) is 5.91 Å². The summed E-state index contributed by atoms with van der Waals surface area (Å²) in [7, 11) is 0. The predicted molar refractivity (Wildman–Crippen MR) is 87.2 cm³/mol. The van der Waals surface area contributed by atoms with E-state index in [0.717, 1.165) is 43.2 Å². The van der Waals surface area contributed by atoms with Crippen LogP contribution in [0.1, 0.15) is 31.4 Å². The van der Waals surface area contributed by atoms with E-state index in [1.165, 1.54) is 12.8 Å². The molecule has 1 aromatic rings. The molecule has 2 atom stereocenters. The van der Waals surface area contributed by atoms with Gasteiger partial charge in [0.15, 0.2) is 5.13 Å². The average molecular weight is 324 g/mol. The Balaban J connectivity index is 1.40. The molecule has 6 nitrogen and oxygen atoms in total. The number of hydrogen-bond acceptors (Lipinski definition) is 6. The van der Waals surface area contributed by atoms with E-state index < -0.39 is 0 Å². The minimum absolute atomic E-state index is 0.0223. The van der Waals surface area contributed by atoms with Gasteiger partial charge in [0.25, 0.3) is 0 Å². The van der Waals surface area contributed by atoms with Crippen LogP contribution in [-0.2, 0) is 16.0 Å². The Bertz CT molecular complexity index is 501. The minimum Gasteiger partial charge on any atom is -0.364 e. The molecule has 0 unspecified atom stereocenters. The molecule has 3 N–H and O–H groups in total. The highest BCUT2D eigenvalue weighted by atomic mass is 32.1. The van der Waals surface area contributed by atoms with Gasteiger partial charge in [0.1, 0.15) is 6.10 Å². The second kappa shape index (κ2) is 7.39. The van der Waals surface area contributed by atoms with Gasteiger partial charge in [-0.1, -0.05) is 0 Å². The highest BCUT2D eigenvalue weighted by Crippen LogP contribution is 2.24. The van der Waals surface area contributed by atoms with E-state index in [9.17, 15) is 4.79 Å². The SMILES string of the molecule is NC[C@H]1CC[C@@H](C(=O)NCCc2csc(N3CCCC3)n2)O1. The van der Waals surface area contributed by atoms with E-state index in [0.29, 0.717) is 13.1 Å². The van der Waals surface area contributed by atoms with Gasteiger partial charge in [-0.2, -0.15) is 0 Å². The van der Waals surface area contributed by atoms with Crippen molar-refractivity contribution in [3.05, 3.63) is 11.1 Å². The first-order valence-electron chi connectivity index (χ1n) is 8.09. The van der Waals surface area contributed by atoms with Crippen LogP contribution in [0.4, 0.5) is 5.13 Å². The van der Waals surface area contributed by atoms with Gasteiger partial charge >= 0.3 is 0 Å². The largest absolute Gasteiger partial charge is 0.364 e. The predicted octanol–water partition coefficient (Wildman–Crippen LogP) is 0.908. The standard InChI is InChI=1S/C15H24N4O2S/c16-9-12-3-4-13(21-12)14(20)17-6-5-11-10-22-15(18-11)19-7-1-2-8-19/h10,12-13H,1-9,16H2,(H,17,20)/t12-,13+/m1/s1. The third-order valence-corrected chi connectivity index (χ3v) is 5.21. The summed E-state index contributed by atoms with van der Waals surface area (Å²) in [6.07, 6.45) is 4.64. The second-order valence-corrected chi connectivity index (χ2v) is 6.75. The van der Waals surface area contributed by atoms with Crippen LogP contribution < -0.4 is 16.0 Å². The van der Waals surface area contributed by atoms with Crippen molar-refractivity contribution >= 4 is 22.4 Å². The van der Waals surface area contributed by atoms with Crippen molar-refractivity contribution in [2.75, 3.05) is 31.1 Å². The fourth-order valence-corrected chi connectivity index (χ4v) is 3.88. The molecule has 2 aliphatic heterocycles. The number of nitrogens with two attached hydrogens (primary N) is 1. The summed E-state index contributed by atoms with van der Waals surface area (Å²) in [5, 5.41) is 6.15. The molecular formula is C15H24N4O2S. The lowest BCUT2D eigenvalue weighted by atomic mass is 10.2. The summed E-state index contributed by atoms with van der Waals surface area (Å²) >= 11 is 1.70. The number of anilines is 1. The Morgan fingerprint density at radius 3 is 3.00 bits per heavy atom. The first-order valence-corrected chi connectivity index (χ1v) is 8.97. The normalized spacial score (nSPS) is 24.9. The Hall–Kier alpha value is -1.18. The van der Waals surface area contributed by atoms with Crippen molar-refractivity contribution < 1.29 is 9.53 Å². The monoisotopic (exact) mass is 324 g/mol. The third kappa shape index (κ3) is 3.77. The summed E-state index contributed by atoms with van der Waals surface area (Å²) in [4.78, 5) is 19.0. The summed E-state index contributed by atoms with van der Waals surface area (Å²) in [6.45, 7) is 3.33. The van der Waals surface area contributed by atoms with Crippen molar-refractivity contribution in [3.63, 3.8) is 0 Å². The van der Waals surface area contributed by atoms with Crippen LogP contribution in [-0.4, -0.2) is 49.3 Å². The first kappa shape index (κ1) is 15.7. The summed E-state index contributed by atoms with van der Waals surface area (Å²) in [5.41, 5.74) is 6.61. The molecule has 2 saturated heterocycles. The van der Waals surface area contributed by atoms with Crippen molar-refractivity contribution in [2.45, 2.75) is 44.3 Å². The Labute approximate surface area is 135 Å². The minimum atomic E-state index is -0.329. The van der Waals surface area contributed by atoms with Gasteiger partial charge in [0, 0.05) is 38.0 Å². The van der Waals surface area contributed by atoms with Gasteiger partial charge in [-0.05, 0) is 25.7 Å². The van der Waals surface area contributed by atoms with Gasteiger partial charge < -0.3 is 20.7 Å². The first-order chi connectivity index (χ1) is 10.8. The molecular weight excluding hydrogens is 300 g/mol. The van der Waals surface area contributed by atoms with Gasteiger partial charge in [-0.15, -0.1) is 11.3 Å².